The molecule has 0 aromatic rings. The van der Waals surface area contributed by atoms with Crippen molar-refractivity contribution in [3.63, 3.8) is 0 Å². The Kier molecular flexibility index (Phi) is 2.46. The second kappa shape index (κ2) is 3.19. The summed E-state index contributed by atoms with van der Waals surface area (Å²) < 4.78 is 0. The largest absolute Gasteiger partial charge is 0.480 e. The Morgan fingerprint density at radius 2 is 2.18 bits per heavy atom. The van der Waals surface area contributed by atoms with Crippen LogP contribution in [0.2, 0.25) is 0 Å². The van der Waals surface area contributed by atoms with E-state index in [9.17, 15) is 4.79 Å². The maximum Gasteiger partial charge on any atom is 0.320 e. The number of hydrogen-bond acceptors (Lipinski definition) is 3. The van der Waals surface area contributed by atoms with Gasteiger partial charge in [-0.05, 0) is 25.2 Å². The minimum atomic E-state index is -0.913. The molecule has 0 bridgehead atoms. The highest BCUT2D eigenvalue weighted by molar-refractivity contribution is 5.73. The van der Waals surface area contributed by atoms with E-state index < -0.39 is 12.0 Å². The molecule has 0 unspecified atom stereocenters. The lowest BCUT2D eigenvalue weighted by Gasteiger charge is -2.13. The first kappa shape index (κ1) is 8.49. The summed E-state index contributed by atoms with van der Waals surface area (Å²) in [5, 5.41) is 8.56. The van der Waals surface area contributed by atoms with Gasteiger partial charge in [0.05, 0.1) is 0 Å². The van der Waals surface area contributed by atoms with Crippen LogP contribution in [-0.4, -0.2) is 23.2 Å². The lowest BCUT2D eigenvalue weighted by molar-refractivity contribution is -0.139. The van der Waals surface area contributed by atoms with Crippen molar-refractivity contribution in [1.29, 1.82) is 0 Å². The molecule has 0 heterocycles. The zero-order valence-corrected chi connectivity index (χ0v) is 6.36. The van der Waals surface area contributed by atoms with Crippen molar-refractivity contribution in [2.45, 2.75) is 31.3 Å². The monoisotopic (exact) mass is 158 g/mol. The Hall–Kier alpha value is -0.610. The smallest absolute Gasteiger partial charge is 0.320 e. The van der Waals surface area contributed by atoms with Crippen molar-refractivity contribution in [2.75, 3.05) is 0 Å². The second-order valence-electron chi connectivity index (χ2n) is 3.20. The van der Waals surface area contributed by atoms with Gasteiger partial charge in [0.1, 0.15) is 6.04 Å². The van der Waals surface area contributed by atoms with E-state index in [2.05, 4.69) is 0 Å². The number of rotatable bonds is 2. The van der Waals surface area contributed by atoms with Crippen LogP contribution in [0.1, 0.15) is 19.3 Å². The van der Waals surface area contributed by atoms with Gasteiger partial charge >= 0.3 is 5.97 Å². The first-order valence-corrected chi connectivity index (χ1v) is 3.85. The van der Waals surface area contributed by atoms with Gasteiger partial charge in [0.25, 0.3) is 0 Å². The first-order chi connectivity index (χ1) is 5.11. The Bertz CT molecular complexity index is 161. The normalized spacial score (nSPS) is 33.6. The van der Waals surface area contributed by atoms with Crippen LogP contribution < -0.4 is 11.5 Å². The van der Waals surface area contributed by atoms with Crippen molar-refractivity contribution in [2.24, 2.45) is 17.4 Å². The molecule has 1 rings (SSSR count). The first-order valence-electron chi connectivity index (χ1n) is 3.85. The van der Waals surface area contributed by atoms with E-state index in [1.165, 1.54) is 0 Å². The maximum atomic E-state index is 10.4. The third kappa shape index (κ3) is 1.91. The third-order valence-corrected chi connectivity index (χ3v) is 2.31. The number of aliphatic carboxylic acids is 1. The molecule has 0 spiro atoms. The van der Waals surface area contributed by atoms with E-state index in [0.29, 0.717) is 0 Å². The van der Waals surface area contributed by atoms with Crippen molar-refractivity contribution in [3.05, 3.63) is 0 Å². The molecule has 4 heteroatoms. The Morgan fingerprint density at radius 3 is 2.55 bits per heavy atom. The lowest BCUT2D eigenvalue weighted by atomic mass is 9.99. The highest BCUT2D eigenvalue weighted by Gasteiger charge is 2.30. The van der Waals surface area contributed by atoms with Gasteiger partial charge < -0.3 is 16.6 Å². The predicted octanol–water partition coefficient (Wildman–Crippen LogP) is -0.474. The summed E-state index contributed by atoms with van der Waals surface area (Å²) in [6, 6.07) is -0.561. The highest BCUT2D eigenvalue weighted by Crippen LogP contribution is 2.26. The lowest BCUT2D eigenvalue weighted by Crippen LogP contribution is -2.37. The molecule has 1 aliphatic carbocycles. The van der Waals surface area contributed by atoms with Gasteiger partial charge in [-0.1, -0.05) is 0 Å². The third-order valence-electron chi connectivity index (χ3n) is 2.31. The topological polar surface area (TPSA) is 89.3 Å². The van der Waals surface area contributed by atoms with E-state index in [-0.39, 0.29) is 12.0 Å². The van der Waals surface area contributed by atoms with E-state index in [1.807, 2.05) is 0 Å². The molecule has 5 N–H and O–H groups in total. The Labute approximate surface area is 65.6 Å². The summed E-state index contributed by atoms with van der Waals surface area (Å²) in [6.07, 6.45) is 2.52. The molecular formula is C7H14N2O2. The molecular weight excluding hydrogens is 144 g/mol. The molecule has 0 amide bonds. The van der Waals surface area contributed by atoms with Crippen LogP contribution in [0.3, 0.4) is 0 Å². The fourth-order valence-corrected chi connectivity index (χ4v) is 1.58. The number of nitrogens with two attached hydrogens (primary N) is 2. The molecule has 0 radical (unpaired) electrons. The summed E-state index contributed by atoms with van der Waals surface area (Å²) in [7, 11) is 0. The van der Waals surface area contributed by atoms with Crippen LogP contribution in [0.15, 0.2) is 0 Å². The molecule has 64 valence electrons. The van der Waals surface area contributed by atoms with Gasteiger partial charge in [0.15, 0.2) is 0 Å². The quantitative estimate of drug-likeness (QED) is 0.506. The number of carboxylic acids is 1. The average Bonchev–Trinajstić information content (AvgIpc) is 2.34. The molecule has 0 aromatic carbocycles. The molecule has 4 nitrogen and oxygen atoms in total. The van der Waals surface area contributed by atoms with Crippen molar-refractivity contribution < 1.29 is 9.90 Å². The molecule has 1 fully saturated rings. The van der Waals surface area contributed by atoms with Gasteiger partial charge in [0, 0.05) is 6.04 Å². The molecule has 0 aliphatic heterocycles. The SMILES string of the molecule is N[C@@H]1CC[C@H]([C@@H](N)C(=O)O)C1. The van der Waals surface area contributed by atoms with Gasteiger partial charge in [-0.2, -0.15) is 0 Å². The van der Waals surface area contributed by atoms with Crippen molar-refractivity contribution in [1.82, 2.24) is 0 Å². The van der Waals surface area contributed by atoms with E-state index >= 15 is 0 Å². The molecule has 1 aliphatic rings. The van der Waals surface area contributed by atoms with Crippen molar-refractivity contribution >= 4 is 5.97 Å². The molecule has 0 aromatic heterocycles. The van der Waals surface area contributed by atoms with E-state index in [1.54, 1.807) is 0 Å². The van der Waals surface area contributed by atoms with Gasteiger partial charge in [-0.3, -0.25) is 4.79 Å². The number of carboxylic acid groups (broad SMARTS) is 1. The van der Waals surface area contributed by atoms with Crippen LogP contribution in [-0.2, 0) is 4.79 Å². The number of hydrogen-bond donors (Lipinski definition) is 3. The van der Waals surface area contributed by atoms with Gasteiger partial charge in [-0.15, -0.1) is 0 Å². The Balaban J connectivity index is 2.43. The minimum Gasteiger partial charge on any atom is -0.480 e. The van der Waals surface area contributed by atoms with Gasteiger partial charge in [0.2, 0.25) is 0 Å². The van der Waals surface area contributed by atoms with Crippen LogP contribution >= 0.6 is 0 Å². The van der Waals surface area contributed by atoms with Gasteiger partial charge in [-0.25, -0.2) is 0 Å². The standard InChI is InChI=1S/C7H14N2O2/c8-5-2-1-4(3-5)6(9)7(10)11/h4-6H,1-3,8-9H2,(H,10,11)/t4-,5+,6+/m0/s1. The fraction of sp³-hybridized carbons (Fsp3) is 0.857. The highest BCUT2D eigenvalue weighted by atomic mass is 16.4. The molecule has 0 saturated heterocycles. The van der Waals surface area contributed by atoms with Crippen LogP contribution in [0.25, 0.3) is 0 Å². The fourth-order valence-electron chi connectivity index (χ4n) is 1.58. The molecule has 11 heavy (non-hydrogen) atoms. The summed E-state index contributed by atoms with van der Waals surface area (Å²) in [4.78, 5) is 10.4. The molecule has 3 atom stereocenters. The second-order valence-corrected chi connectivity index (χ2v) is 3.20. The summed E-state index contributed by atoms with van der Waals surface area (Å²) in [5.41, 5.74) is 11.0. The predicted molar refractivity (Wildman–Crippen MR) is 40.9 cm³/mol. The maximum absolute atomic E-state index is 10.4. The molecule has 1 saturated carbocycles. The van der Waals surface area contributed by atoms with E-state index in [0.717, 1.165) is 19.3 Å². The Morgan fingerprint density at radius 1 is 1.55 bits per heavy atom. The summed E-state index contributed by atoms with van der Waals surface area (Å²) >= 11 is 0. The van der Waals surface area contributed by atoms with E-state index in [4.69, 9.17) is 16.6 Å². The summed E-state index contributed by atoms with van der Waals surface area (Å²) in [5.74, 6) is -0.827. The van der Waals surface area contributed by atoms with Crippen LogP contribution in [0.4, 0.5) is 0 Å². The average molecular weight is 158 g/mol. The minimum absolute atomic E-state index is 0.0856. The zero-order valence-electron chi connectivity index (χ0n) is 6.36. The number of carbonyl (C=O) groups is 1. The van der Waals surface area contributed by atoms with Crippen molar-refractivity contribution in [3.8, 4) is 0 Å². The summed E-state index contributed by atoms with van der Waals surface area (Å²) in [6.45, 7) is 0. The zero-order chi connectivity index (χ0) is 8.43. The van der Waals surface area contributed by atoms with Crippen LogP contribution in [0, 0.1) is 5.92 Å². The van der Waals surface area contributed by atoms with Crippen LogP contribution in [0.5, 0.6) is 0 Å².